The predicted octanol–water partition coefficient (Wildman–Crippen LogP) is 2.57. The molecular formula is C15H19N3O. The van der Waals surface area contributed by atoms with Gasteiger partial charge in [-0.1, -0.05) is 25.1 Å². The minimum atomic E-state index is 0.418. The highest BCUT2D eigenvalue weighted by molar-refractivity contribution is 5.48. The second-order valence-corrected chi connectivity index (χ2v) is 4.94. The summed E-state index contributed by atoms with van der Waals surface area (Å²) in [6.07, 6.45) is 2.99. The van der Waals surface area contributed by atoms with E-state index in [4.69, 9.17) is 4.74 Å². The molecule has 0 saturated carbocycles. The zero-order chi connectivity index (χ0) is 13.2. The molecule has 0 saturated heterocycles. The lowest BCUT2D eigenvalue weighted by molar-refractivity contribution is 0.334. The molecule has 0 bridgehead atoms. The van der Waals surface area contributed by atoms with Crippen LogP contribution in [0.1, 0.15) is 24.1 Å². The zero-order valence-corrected chi connectivity index (χ0v) is 11.4. The molecule has 4 heteroatoms. The number of rotatable bonds is 4. The summed E-state index contributed by atoms with van der Waals surface area (Å²) in [7, 11) is 1.96. The van der Waals surface area contributed by atoms with Crippen molar-refractivity contribution >= 4 is 5.69 Å². The first-order valence-electron chi connectivity index (χ1n) is 6.76. The van der Waals surface area contributed by atoms with Gasteiger partial charge in [-0.05, 0) is 12.5 Å². The van der Waals surface area contributed by atoms with Crippen molar-refractivity contribution in [2.75, 3.05) is 18.5 Å². The summed E-state index contributed by atoms with van der Waals surface area (Å²) in [5.41, 5.74) is 3.56. The van der Waals surface area contributed by atoms with E-state index >= 15 is 0 Å². The highest BCUT2D eigenvalue weighted by atomic mass is 16.5. The molecule has 0 amide bonds. The summed E-state index contributed by atoms with van der Waals surface area (Å²) in [5.74, 6) is 1.44. The van der Waals surface area contributed by atoms with Gasteiger partial charge in [0.1, 0.15) is 5.75 Å². The summed E-state index contributed by atoms with van der Waals surface area (Å²) in [4.78, 5) is 0. The number of nitrogens with one attached hydrogen (secondary N) is 1. The molecule has 4 nitrogen and oxygen atoms in total. The molecule has 1 aliphatic rings. The molecule has 19 heavy (non-hydrogen) atoms. The van der Waals surface area contributed by atoms with Crippen molar-refractivity contribution in [1.82, 2.24) is 9.78 Å². The van der Waals surface area contributed by atoms with Crippen LogP contribution in [0, 0.1) is 0 Å². The standard InChI is InChI=1S/C15H19N3O/c1-3-13-14(9-18(2)17-13)16-8-11-10-19-15-7-5-4-6-12(11)15/h4-7,9,11,16H,3,8,10H2,1-2H3. The van der Waals surface area contributed by atoms with Crippen LogP contribution in [0.3, 0.4) is 0 Å². The molecule has 1 N–H and O–H groups in total. The van der Waals surface area contributed by atoms with Crippen molar-refractivity contribution in [3.63, 3.8) is 0 Å². The third kappa shape index (κ3) is 2.30. The van der Waals surface area contributed by atoms with E-state index in [1.165, 1.54) is 5.56 Å². The lowest BCUT2D eigenvalue weighted by atomic mass is 10.0. The van der Waals surface area contributed by atoms with E-state index in [1.54, 1.807) is 0 Å². The molecular weight excluding hydrogens is 238 g/mol. The number of nitrogens with zero attached hydrogens (tertiary/aromatic N) is 2. The Morgan fingerprint density at radius 2 is 2.26 bits per heavy atom. The molecule has 1 unspecified atom stereocenters. The number of para-hydroxylation sites is 1. The first-order chi connectivity index (χ1) is 9.28. The lowest BCUT2D eigenvalue weighted by Crippen LogP contribution is -2.14. The van der Waals surface area contributed by atoms with Crippen LogP contribution >= 0.6 is 0 Å². The number of benzene rings is 1. The Morgan fingerprint density at radius 3 is 3.11 bits per heavy atom. The largest absolute Gasteiger partial charge is 0.493 e. The number of fused-ring (bicyclic) bond motifs is 1. The van der Waals surface area contributed by atoms with Crippen LogP contribution in [-0.2, 0) is 13.5 Å². The van der Waals surface area contributed by atoms with E-state index in [0.717, 1.165) is 36.7 Å². The third-order valence-corrected chi connectivity index (χ3v) is 3.58. The molecule has 2 aromatic rings. The summed E-state index contributed by atoms with van der Waals surface area (Å²) in [6, 6.07) is 8.28. The number of ether oxygens (including phenoxy) is 1. The fraction of sp³-hybridized carbons (Fsp3) is 0.400. The van der Waals surface area contributed by atoms with Gasteiger partial charge in [-0.3, -0.25) is 4.68 Å². The minimum Gasteiger partial charge on any atom is -0.493 e. The molecule has 0 aliphatic carbocycles. The van der Waals surface area contributed by atoms with Gasteiger partial charge in [0.25, 0.3) is 0 Å². The minimum absolute atomic E-state index is 0.418. The molecule has 1 aromatic carbocycles. The Bertz CT molecular complexity index is 577. The highest BCUT2D eigenvalue weighted by Gasteiger charge is 2.23. The Labute approximate surface area is 113 Å². The number of hydrogen-bond donors (Lipinski definition) is 1. The van der Waals surface area contributed by atoms with Crippen LogP contribution in [0.25, 0.3) is 0 Å². The van der Waals surface area contributed by atoms with Crippen molar-refractivity contribution in [3.8, 4) is 5.75 Å². The first-order valence-corrected chi connectivity index (χ1v) is 6.76. The third-order valence-electron chi connectivity index (χ3n) is 3.58. The molecule has 0 spiro atoms. The second-order valence-electron chi connectivity index (χ2n) is 4.94. The maximum Gasteiger partial charge on any atom is 0.122 e. The number of anilines is 1. The van der Waals surface area contributed by atoms with E-state index in [-0.39, 0.29) is 0 Å². The molecule has 2 heterocycles. The smallest absolute Gasteiger partial charge is 0.122 e. The number of aryl methyl sites for hydroxylation is 2. The Morgan fingerprint density at radius 1 is 1.42 bits per heavy atom. The molecule has 1 atom stereocenters. The topological polar surface area (TPSA) is 39.1 Å². The average molecular weight is 257 g/mol. The van der Waals surface area contributed by atoms with Crippen molar-refractivity contribution < 1.29 is 4.74 Å². The summed E-state index contributed by atoms with van der Waals surface area (Å²) < 4.78 is 7.56. The van der Waals surface area contributed by atoms with Crippen molar-refractivity contribution in [2.45, 2.75) is 19.3 Å². The van der Waals surface area contributed by atoms with Gasteiger partial charge in [0.05, 0.1) is 18.0 Å². The van der Waals surface area contributed by atoms with Crippen LogP contribution in [0.5, 0.6) is 5.75 Å². The van der Waals surface area contributed by atoms with Crippen LogP contribution in [-0.4, -0.2) is 22.9 Å². The van der Waals surface area contributed by atoms with Gasteiger partial charge < -0.3 is 10.1 Å². The van der Waals surface area contributed by atoms with Gasteiger partial charge in [0.2, 0.25) is 0 Å². The van der Waals surface area contributed by atoms with Gasteiger partial charge in [-0.2, -0.15) is 5.10 Å². The Kier molecular flexibility index (Phi) is 3.15. The van der Waals surface area contributed by atoms with Gasteiger partial charge >= 0.3 is 0 Å². The number of aromatic nitrogens is 2. The lowest BCUT2D eigenvalue weighted by Gasteiger charge is -2.11. The van der Waals surface area contributed by atoms with Crippen LogP contribution in [0.15, 0.2) is 30.5 Å². The van der Waals surface area contributed by atoms with Crippen molar-refractivity contribution in [2.24, 2.45) is 7.05 Å². The Balaban J connectivity index is 1.70. The molecule has 1 aromatic heterocycles. The molecule has 0 radical (unpaired) electrons. The summed E-state index contributed by atoms with van der Waals surface area (Å²) in [5, 5.41) is 7.95. The first kappa shape index (κ1) is 12.1. The van der Waals surface area contributed by atoms with Gasteiger partial charge in [0.15, 0.2) is 0 Å². The monoisotopic (exact) mass is 257 g/mol. The molecule has 0 fully saturated rings. The van der Waals surface area contributed by atoms with Gasteiger partial charge in [-0.15, -0.1) is 0 Å². The van der Waals surface area contributed by atoms with Crippen molar-refractivity contribution in [1.29, 1.82) is 0 Å². The maximum absolute atomic E-state index is 5.70. The van der Waals surface area contributed by atoms with Gasteiger partial charge in [0, 0.05) is 31.3 Å². The van der Waals surface area contributed by atoms with Crippen molar-refractivity contribution in [3.05, 3.63) is 41.7 Å². The van der Waals surface area contributed by atoms with E-state index in [2.05, 4.69) is 29.5 Å². The van der Waals surface area contributed by atoms with Crippen LogP contribution < -0.4 is 10.1 Å². The van der Waals surface area contributed by atoms with Crippen LogP contribution in [0.2, 0.25) is 0 Å². The maximum atomic E-state index is 5.70. The summed E-state index contributed by atoms with van der Waals surface area (Å²) >= 11 is 0. The fourth-order valence-electron chi connectivity index (χ4n) is 2.57. The van der Waals surface area contributed by atoms with Gasteiger partial charge in [-0.25, -0.2) is 0 Å². The van der Waals surface area contributed by atoms with E-state index in [0.29, 0.717) is 5.92 Å². The molecule has 1 aliphatic heterocycles. The van der Waals surface area contributed by atoms with E-state index in [9.17, 15) is 0 Å². The van der Waals surface area contributed by atoms with E-state index in [1.807, 2.05) is 30.1 Å². The van der Waals surface area contributed by atoms with E-state index < -0.39 is 0 Å². The predicted molar refractivity (Wildman–Crippen MR) is 75.8 cm³/mol. The van der Waals surface area contributed by atoms with Crippen LogP contribution in [0.4, 0.5) is 5.69 Å². The normalized spacial score (nSPS) is 17.1. The Hall–Kier alpha value is -1.97. The second kappa shape index (κ2) is 4.96. The zero-order valence-electron chi connectivity index (χ0n) is 11.4. The molecule has 100 valence electrons. The molecule has 3 rings (SSSR count). The summed E-state index contributed by atoms with van der Waals surface area (Å²) in [6.45, 7) is 3.77. The quantitative estimate of drug-likeness (QED) is 0.915. The SMILES string of the molecule is CCc1nn(C)cc1NCC1COc2ccccc21. The average Bonchev–Trinajstić information content (AvgIpc) is 2.99. The fourth-order valence-corrected chi connectivity index (χ4v) is 2.57. The highest BCUT2D eigenvalue weighted by Crippen LogP contribution is 2.33. The number of hydrogen-bond acceptors (Lipinski definition) is 3.